The maximum absolute atomic E-state index is 13.8. The van der Waals surface area contributed by atoms with Gasteiger partial charge >= 0.3 is 0 Å². The molecule has 0 fully saturated rings. The molecule has 0 bridgehead atoms. The fourth-order valence-corrected chi connectivity index (χ4v) is 3.32. The summed E-state index contributed by atoms with van der Waals surface area (Å²) in [4.78, 5) is 11.6. The van der Waals surface area contributed by atoms with Gasteiger partial charge in [-0.1, -0.05) is 23.7 Å². The topological polar surface area (TPSA) is 67.2 Å². The molecule has 2 aromatic carbocycles. The number of nitrogens with one attached hydrogen (secondary N) is 1. The maximum atomic E-state index is 13.8. The highest BCUT2D eigenvalue weighted by atomic mass is 35.5. The highest BCUT2D eigenvalue weighted by Gasteiger charge is 2.17. The Bertz CT molecular complexity index is 1020. The summed E-state index contributed by atoms with van der Waals surface area (Å²) in [5.41, 5.74) is 4.70. The Morgan fingerprint density at radius 2 is 2.00 bits per heavy atom. The Hall–Kier alpha value is -2.77. The Kier molecular flexibility index (Phi) is 6.06. The first-order chi connectivity index (χ1) is 13.4. The lowest BCUT2D eigenvalue weighted by molar-refractivity contribution is -0.128. The molecule has 0 aliphatic heterocycles. The van der Waals surface area contributed by atoms with Gasteiger partial charge in [-0.15, -0.1) is 0 Å². The van der Waals surface area contributed by atoms with Crippen molar-refractivity contribution in [1.29, 1.82) is 0 Å². The molecule has 146 valence electrons. The molecule has 2 N–H and O–H groups in total. The van der Waals surface area contributed by atoms with E-state index in [1.807, 2.05) is 6.07 Å². The fourth-order valence-electron chi connectivity index (χ4n) is 3.07. The largest absolute Gasteiger partial charge is 0.289 e. The molecule has 0 radical (unpaired) electrons. The molecule has 1 heterocycles. The lowest BCUT2D eigenvalue weighted by Crippen LogP contribution is -2.21. The lowest BCUT2D eigenvalue weighted by atomic mass is 10.0. The standard InChI is InChI=1S/C20H18ClF2N3O2/c1-12-13(3-2-4-17(12)23)5-7-18-14(9-20(27)25-28)11-24-26(18)19-8-6-15(22)10-16(19)21/h2-4,6,8,10-11,28H,5,7,9H2,1H3,(H,25,27). The highest BCUT2D eigenvalue weighted by molar-refractivity contribution is 6.32. The van der Waals surface area contributed by atoms with Gasteiger partial charge in [0.25, 0.3) is 0 Å². The molecule has 5 nitrogen and oxygen atoms in total. The van der Waals surface area contributed by atoms with Crippen LogP contribution in [-0.4, -0.2) is 20.9 Å². The summed E-state index contributed by atoms with van der Waals surface area (Å²) in [5, 5.41) is 13.3. The van der Waals surface area contributed by atoms with Crippen molar-refractivity contribution in [2.75, 3.05) is 0 Å². The number of carbonyl (C=O) groups excluding carboxylic acids is 1. The van der Waals surface area contributed by atoms with Gasteiger partial charge in [-0.2, -0.15) is 5.10 Å². The van der Waals surface area contributed by atoms with Crippen molar-refractivity contribution in [2.45, 2.75) is 26.2 Å². The molecule has 0 spiro atoms. The van der Waals surface area contributed by atoms with E-state index in [9.17, 15) is 13.6 Å². The van der Waals surface area contributed by atoms with Gasteiger partial charge in [0, 0.05) is 11.3 Å². The summed E-state index contributed by atoms with van der Waals surface area (Å²) in [6.45, 7) is 1.71. The molecule has 0 aliphatic carbocycles. The zero-order chi connectivity index (χ0) is 20.3. The van der Waals surface area contributed by atoms with Crippen LogP contribution >= 0.6 is 11.6 Å². The normalized spacial score (nSPS) is 10.9. The Balaban J connectivity index is 1.99. The van der Waals surface area contributed by atoms with E-state index in [2.05, 4.69) is 5.10 Å². The number of nitrogens with zero attached hydrogens (tertiary/aromatic N) is 2. The molecule has 1 amide bonds. The van der Waals surface area contributed by atoms with Gasteiger partial charge in [0.2, 0.25) is 5.91 Å². The minimum Gasteiger partial charge on any atom is -0.289 e. The Labute approximate surface area is 165 Å². The predicted octanol–water partition coefficient (Wildman–Crippen LogP) is 3.95. The first-order valence-electron chi connectivity index (χ1n) is 8.59. The zero-order valence-electron chi connectivity index (χ0n) is 15.0. The number of halogens is 3. The first kappa shape index (κ1) is 20.0. The number of rotatable bonds is 6. The van der Waals surface area contributed by atoms with E-state index in [4.69, 9.17) is 16.8 Å². The van der Waals surface area contributed by atoms with Crippen molar-refractivity contribution in [3.05, 3.63) is 81.6 Å². The van der Waals surface area contributed by atoms with E-state index < -0.39 is 11.7 Å². The van der Waals surface area contributed by atoms with Crippen molar-refractivity contribution in [2.24, 2.45) is 0 Å². The molecule has 0 saturated heterocycles. The van der Waals surface area contributed by atoms with E-state index in [0.29, 0.717) is 35.3 Å². The third kappa shape index (κ3) is 4.21. The third-order valence-electron chi connectivity index (χ3n) is 4.58. The first-order valence-corrected chi connectivity index (χ1v) is 8.96. The average Bonchev–Trinajstić information content (AvgIpc) is 3.05. The molecule has 8 heteroatoms. The van der Waals surface area contributed by atoms with Gasteiger partial charge in [0.15, 0.2) is 0 Å². The van der Waals surface area contributed by atoms with Crippen LogP contribution in [0.4, 0.5) is 8.78 Å². The number of aryl methyl sites for hydroxylation is 1. The molecule has 3 rings (SSSR count). The van der Waals surface area contributed by atoms with E-state index in [1.54, 1.807) is 18.5 Å². The lowest BCUT2D eigenvalue weighted by Gasteiger charge is -2.12. The van der Waals surface area contributed by atoms with Crippen molar-refractivity contribution in [1.82, 2.24) is 15.3 Å². The second-order valence-corrected chi connectivity index (χ2v) is 6.77. The molecule has 0 aliphatic rings. The number of hydrogen-bond acceptors (Lipinski definition) is 3. The van der Waals surface area contributed by atoms with Crippen LogP contribution in [-0.2, 0) is 24.1 Å². The summed E-state index contributed by atoms with van der Waals surface area (Å²) in [5.74, 6) is -1.35. The highest BCUT2D eigenvalue weighted by Crippen LogP contribution is 2.25. The number of hydroxylamine groups is 1. The summed E-state index contributed by atoms with van der Waals surface area (Å²) < 4.78 is 28.8. The predicted molar refractivity (Wildman–Crippen MR) is 101 cm³/mol. The van der Waals surface area contributed by atoms with Crippen LogP contribution in [0, 0.1) is 18.6 Å². The second-order valence-electron chi connectivity index (χ2n) is 6.36. The minimum atomic E-state index is -0.590. The van der Waals surface area contributed by atoms with Crippen molar-refractivity contribution < 1.29 is 18.8 Å². The summed E-state index contributed by atoms with van der Waals surface area (Å²) in [6, 6.07) is 8.83. The molecule has 28 heavy (non-hydrogen) atoms. The van der Waals surface area contributed by atoms with Crippen molar-refractivity contribution in [3.8, 4) is 5.69 Å². The van der Waals surface area contributed by atoms with Crippen LogP contribution in [0.1, 0.15) is 22.4 Å². The van der Waals surface area contributed by atoms with Crippen LogP contribution in [0.2, 0.25) is 5.02 Å². The quantitative estimate of drug-likeness (QED) is 0.482. The van der Waals surface area contributed by atoms with Crippen LogP contribution in [0.25, 0.3) is 5.69 Å². The van der Waals surface area contributed by atoms with Gasteiger partial charge in [-0.25, -0.2) is 18.9 Å². The summed E-state index contributed by atoms with van der Waals surface area (Å²) in [6.07, 6.45) is 2.35. The number of benzene rings is 2. The number of amides is 1. The van der Waals surface area contributed by atoms with Gasteiger partial charge in [-0.3, -0.25) is 10.0 Å². The molecule has 0 saturated carbocycles. The monoisotopic (exact) mass is 405 g/mol. The molecule has 0 unspecified atom stereocenters. The smallest absolute Gasteiger partial charge is 0.247 e. The van der Waals surface area contributed by atoms with Gasteiger partial charge in [0.05, 0.1) is 23.3 Å². The maximum Gasteiger partial charge on any atom is 0.247 e. The van der Waals surface area contributed by atoms with Crippen molar-refractivity contribution >= 4 is 17.5 Å². The Morgan fingerprint density at radius 3 is 2.71 bits per heavy atom. The van der Waals surface area contributed by atoms with Crippen molar-refractivity contribution in [3.63, 3.8) is 0 Å². The molecular weight excluding hydrogens is 388 g/mol. The number of carbonyl (C=O) groups is 1. The summed E-state index contributed by atoms with van der Waals surface area (Å²) >= 11 is 6.17. The van der Waals surface area contributed by atoms with Crippen LogP contribution in [0.5, 0.6) is 0 Å². The number of aromatic nitrogens is 2. The molecule has 1 aromatic heterocycles. The minimum absolute atomic E-state index is 0.0905. The van der Waals surface area contributed by atoms with Crippen LogP contribution in [0.15, 0.2) is 42.6 Å². The van der Waals surface area contributed by atoms with Gasteiger partial charge < -0.3 is 0 Å². The van der Waals surface area contributed by atoms with Gasteiger partial charge in [-0.05, 0) is 55.2 Å². The summed E-state index contributed by atoms with van der Waals surface area (Å²) in [7, 11) is 0. The molecular formula is C20H18ClF2N3O2. The van der Waals surface area contributed by atoms with E-state index >= 15 is 0 Å². The Morgan fingerprint density at radius 1 is 1.21 bits per heavy atom. The second kappa shape index (κ2) is 8.50. The molecule has 0 atom stereocenters. The van der Waals surface area contributed by atoms with E-state index in [-0.39, 0.29) is 17.3 Å². The third-order valence-corrected chi connectivity index (χ3v) is 4.88. The van der Waals surface area contributed by atoms with Crippen LogP contribution in [0.3, 0.4) is 0 Å². The molecule has 3 aromatic rings. The SMILES string of the molecule is Cc1c(F)cccc1CCc1c(CC(=O)NO)cnn1-c1ccc(F)cc1Cl. The van der Waals surface area contributed by atoms with Crippen LogP contribution < -0.4 is 5.48 Å². The van der Waals surface area contributed by atoms with E-state index in [0.717, 1.165) is 5.56 Å². The fraction of sp³-hybridized carbons (Fsp3) is 0.200. The van der Waals surface area contributed by atoms with E-state index in [1.165, 1.54) is 35.1 Å². The number of hydrogen-bond donors (Lipinski definition) is 2. The average molecular weight is 406 g/mol. The zero-order valence-corrected chi connectivity index (χ0v) is 15.8. The van der Waals surface area contributed by atoms with Gasteiger partial charge in [0.1, 0.15) is 11.6 Å².